The van der Waals surface area contributed by atoms with E-state index in [2.05, 4.69) is 20.0 Å². The Balaban J connectivity index is 2.13. The number of hydrogen-bond acceptors (Lipinski definition) is 5. The summed E-state index contributed by atoms with van der Waals surface area (Å²) >= 11 is 0. The Labute approximate surface area is 155 Å². The molecule has 0 saturated heterocycles. The smallest absolute Gasteiger partial charge is 0.354 e. The lowest BCUT2D eigenvalue weighted by Crippen LogP contribution is -2.30. The maximum absolute atomic E-state index is 12.6. The van der Waals surface area contributed by atoms with E-state index in [1.54, 1.807) is 24.3 Å². The molecule has 1 aromatic carbocycles. The molecule has 2 rings (SSSR count). The van der Waals surface area contributed by atoms with Crippen molar-refractivity contribution in [1.29, 1.82) is 0 Å². The summed E-state index contributed by atoms with van der Waals surface area (Å²) in [6.45, 7) is 4.41. The van der Waals surface area contributed by atoms with E-state index in [-0.39, 0.29) is 11.7 Å². The number of nitrogens with zero attached hydrogens (tertiary/aromatic N) is 2. The molecule has 1 unspecified atom stereocenters. The lowest BCUT2D eigenvalue weighted by Gasteiger charge is -2.20. The monoisotopic (exact) mass is 385 g/mol. The van der Waals surface area contributed by atoms with Crippen molar-refractivity contribution in [1.82, 2.24) is 15.5 Å². The molecule has 0 saturated carbocycles. The lowest BCUT2D eigenvalue weighted by molar-refractivity contribution is -0.159. The van der Waals surface area contributed by atoms with Gasteiger partial charge < -0.3 is 14.6 Å². The third-order valence-corrected chi connectivity index (χ3v) is 3.68. The highest BCUT2D eigenvalue weighted by Gasteiger charge is 2.38. The Morgan fingerprint density at radius 3 is 2.48 bits per heavy atom. The van der Waals surface area contributed by atoms with E-state index >= 15 is 0 Å². The Bertz CT molecular complexity index is 729. The molecule has 1 aromatic heterocycles. The van der Waals surface area contributed by atoms with Gasteiger partial charge in [-0.05, 0) is 12.8 Å². The van der Waals surface area contributed by atoms with Crippen LogP contribution >= 0.6 is 0 Å². The summed E-state index contributed by atoms with van der Waals surface area (Å²) in [7, 11) is 0. The van der Waals surface area contributed by atoms with Gasteiger partial charge in [-0.1, -0.05) is 49.7 Å². The first kappa shape index (κ1) is 20.9. The number of carbonyl (C=O) groups excluding carboxylic acids is 1. The second kappa shape index (κ2) is 9.50. The second-order valence-corrected chi connectivity index (χ2v) is 5.96. The molecule has 0 aliphatic heterocycles. The van der Waals surface area contributed by atoms with Crippen molar-refractivity contribution >= 4 is 5.91 Å². The Morgan fingerprint density at radius 1 is 1.22 bits per heavy atom. The number of benzene rings is 1. The maximum Gasteiger partial charge on any atom is 0.471 e. The summed E-state index contributed by atoms with van der Waals surface area (Å²) in [5.41, 5.74) is 1.04. The molecule has 0 aliphatic carbocycles. The molecule has 27 heavy (non-hydrogen) atoms. The van der Waals surface area contributed by atoms with E-state index in [9.17, 15) is 18.0 Å². The number of hydrogen-bond donors (Lipinski definition) is 1. The summed E-state index contributed by atoms with van der Waals surface area (Å²) < 4.78 is 47.6. The standard InChI is InChI=1S/C18H22F3N3O3/c1-3-5-6-14(25)22-16(26-11-4-2)13-9-7-12(8-10-13)15-23-17(27-24-15)18(19,20)21/h7-10,16H,3-6,11H2,1-2H3,(H,22,25). The van der Waals surface area contributed by atoms with Gasteiger partial charge in [0, 0.05) is 24.2 Å². The van der Waals surface area contributed by atoms with Gasteiger partial charge in [-0.25, -0.2) is 0 Å². The van der Waals surface area contributed by atoms with E-state index in [0.29, 0.717) is 24.2 Å². The fraction of sp³-hybridized carbons (Fsp3) is 0.500. The van der Waals surface area contributed by atoms with Gasteiger partial charge in [0.2, 0.25) is 11.7 Å². The van der Waals surface area contributed by atoms with Crippen LogP contribution in [-0.2, 0) is 15.7 Å². The molecule has 0 aliphatic rings. The molecular weight excluding hydrogens is 363 g/mol. The minimum absolute atomic E-state index is 0.116. The van der Waals surface area contributed by atoms with Crippen LogP contribution in [0.3, 0.4) is 0 Å². The second-order valence-electron chi connectivity index (χ2n) is 5.96. The first-order valence-corrected chi connectivity index (χ1v) is 8.77. The van der Waals surface area contributed by atoms with Gasteiger partial charge in [-0.3, -0.25) is 4.79 Å². The predicted octanol–water partition coefficient (Wildman–Crippen LogP) is 4.49. The predicted molar refractivity (Wildman–Crippen MR) is 91.4 cm³/mol. The van der Waals surface area contributed by atoms with Gasteiger partial charge >= 0.3 is 12.1 Å². The summed E-state index contributed by atoms with van der Waals surface area (Å²) in [4.78, 5) is 15.4. The van der Waals surface area contributed by atoms with Crippen molar-refractivity contribution in [2.24, 2.45) is 0 Å². The largest absolute Gasteiger partial charge is 0.471 e. The quantitative estimate of drug-likeness (QED) is 0.644. The summed E-state index contributed by atoms with van der Waals surface area (Å²) in [6.07, 6.45) is -2.43. The number of rotatable bonds is 9. The molecule has 1 amide bonds. The summed E-state index contributed by atoms with van der Waals surface area (Å²) in [5, 5.41) is 6.18. The van der Waals surface area contributed by atoms with Crippen molar-refractivity contribution < 1.29 is 27.2 Å². The van der Waals surface area contributed by atoms with Gasteiger partial charge in [0.25, 0.3) is 0 Å². The highest BCUT2D eigenvalue weighted by Crippen LogP contribution is 2.29. The number of alkyl halides is 3. The molecule has 0 radical (unpaired) electrons. The zero-order chi connectivity index (χ0) is 19.9. The number of ether oxygens (including phenoxy) is 1. The van der Waals surface area contributed by atoms with E-state index in [1.807, 2.05) is 13.8 Å². The third-order valence-electron chi connectivity index (χ3n) is 3.68. The fourth-order valence-corrected chi connectivity index (χ4v) is 2.28. The van der Waals surface area contributed by atoms with Crippen LogP contribution in [-0.4, -0.2) is 22.7 Å². The minimum Gasteiger partial charge on any atom is -0.354 e. The molecule has 1 heterocycles. The van der Waals surface area contributed by atoms with Crippen LogP contribution in [0, 0.1) is 0 Å². The van der Waals surface area contributed by atoms with Crippen LogP contribution in [0.15, 0.2) is 28.8 Å². The minimum atomic E-state index is -4.69. The Hall–Kier alpha value is -2.42. The molecule has 6 nitrogen and oxygen atoms in total. The van der Waals surface area contributed by atoms with Crippen molar-refractivity contribution in [3.8, 4) is 11.4 Å². The number of halogens is 3. The molecule has 0 spiro atoms. The molecule has 1 atom stereocenters. The van der Waals surface area contributed by atoms with Crippen molar-refractivity contribution in [3.63, 3.8) is 0 Å². The van der Waals surface area contributed by atoms with Crippen LogP contribution in [0.4, 0.5) is 13.2 Å². The lowest BCUT2D eigenvalue weighted by atomic mass is 10.1. The SMILES string of the molecule is CCCCC(=O)NC(OCCC)c1ccc(-c2noc(C(F)(F)F)n2)cc1. The van der Waals surface area contributed by atoms with E-state index < -0.39 is 18.3 Å². The molecule has 0 bridgehead atoms. The molecule has 2 aromatic rings. The van der Waals surface area contributed by atoms with E-state index in [1.165, 1.54) is 0 Å². The molecule has 1 N–H and O–H groups in total. The van der Waals surface area contributed by atoms with Gasteiger partial charge in [-0.2, -0.15) is 18.2 Å². The summed E-state index contributed by atoms with van der Waals surface area (Å²) in [5.74, 6) is -1.67. The van der Waals surface area contributed by atoms with Crippen LogP contribution < -0.4 is 5.32 Å². The number of aromatic nitrogens is 2. The number of amides is 1. The Morgan fingerprint density at radius 2 is 1.93 bits per heavy atom. The van der Waals surface area contributed by atoms with E-state index in [4.69, 9.17) is 4.74 Å². The zero-order valence-electron chi connectivity index (χ0n) is 15.2. The van der Waals surface area contributed by atoms with Crippen molar-refractivity contribution in [2.45, 2.75) is 51.9 Å². The first-order chi connectivity index (χ1) is 12.8. The first-order valence-electron chi connectivity index (χ1n) is 8.77. The molecule has 0 fully saturated rings. The van der Waals surface area contributed by atoms with Crippen molar-refractivity contribution in [2.75, 3.05) is 6.61 Å². The average molecular weight is 385 g/mol. The molecule has 9 heteroatoms. The van der Waals surface area contributed by atoms with Crippen LogP contribution in [0.2, 0.25) is 0 Å². The number of nitrogens with one attached hydrogen (secondary N) is 1. The van der Waals surface area contributed by atoms with Crippen LogP contribution in [0.1, 0.15) is 57.2 Å². The number of unbranched alkanes of at least 4 members (excludes halogenated alkanes) is 1. The number of carbonyl (C=O) groups is 1. The van der Waals surface area contributed by atoms with Gasteiger partial charge in [0.15, 0.2) is 6.23 Å². The van der Waals surface area contributed by atoms with E-state index in [0.717, 1.165) is 19.3 Å². The third kappa shape index (κ3) is 6.06. The average Bonchev–Trinajstić information content (AvgIpc) is 3.14. The highest BCUT2D eigenvalue weighted by molar-refractivity contribution is 5.76. The highest BCUT2D eigenvalue weighted by atomic mass is 19.4. The van der Waals surface area contributed by atoms with Gasteiger partial charge in [0.1, 0.15) is 0 Å². The van der Waals surface area contributed by atoms with Crippen LogP contribution in [0.25, 0.3) is 11.4 Å². The van der Waals surface area contributed by atoms with Crippen LogP contribution in [0.5, 0.6) is 0 Å². The Kier molecular flexibility index (Phi) is 7.35. The van der Waals surface area contributed by atoms with Gasteiger partial charge in [-0.15, -0.1) is 0 Å². The summed E-state index contributed by atoms with van der Waals surface area (Å²) in [6, 6.07) is 6.42. The maximum atomic E-state index is 12.6. The van der Waals surface area contributed by atoms with Gasteiger partial charge in [0.05, 0.1) is 0 Å². The fourth-order valence-electron chi connectivity index (χ4n) is 2.28. The van der Waals surface area contributed by atoms with Crippen molar-refractivity contribution in [3.05, 3.63) is 35.7 Å². The normalized spacial score (nSPS) is 12.8. The molecule has 148 valence electrons. The topological polar surface area (TPSA) is 77.2 Å². The zero-order valence-corrected chi connectivity index (χ0v) is 15.2. The molecular formula is C18H22F3N3O3.